The highest BCUT2D eigenvalue weighted by atomic mass is 32.2. The van der Waals surface area contributed by atoms with Gasteiger partial charge >= 0.3 is 0 Å². The van der Waals surface area contributed by atoms with Crippen LogP contribution in [0.15, 0.2) is 30.3 Å². The Balaban J connectivity index is 2.07. The molecule has 1 aromatic rings. The molecule has 1 aromatic carbocycles. The van der Waals surface area contributed by atoms with Gasteiger partial charge in [-0.05, 0) is 24.8 Å². The van der Waals surface area contributed by atoms with Crippen molar-refractivity contribution in [3.63, 3.8) is 0 Å². The molecule has 1 amide bonds. The maximum atomic E-state index is 12.6. The summed E-state index contributed by atoms with van der Waals surface area (Å²) in [5.74, 6) is 0.000141. The van der Waals surface area contributed by atoms with Crippen LogP contribution in [0.1, 0.15) is 31.7 Å². The van der Waals surface area contributed by atoms with E-state index in [1.165, 1.54) is 4.31 Å². The highest BCUT2D eigenvalue weighted by Gasteiger charge is 2.39. The summed E-state index contributed by atoms with van der Waals surface area (Å²) in [5, 5.41) is 0. The van der Waals surface area contributed by atoms with Gasteiger partial charge in [-0.25, -0.2) is 8.42 Å². The topological polar surface area (TPSA) is 57.7 Å². The summed E-state index contributed by atoms with van der Waals surface area (Å²) in [6.07, 6.45) is 1.93. The van der Waals surface area contributed by atoms with Crippen LogP contribution in [-0.2, 0) is 21.4 Å². The summed E-state index contributed by atoms with van der Waals surface area (Å²) in [6.45, 7) is 2.79. The molecule has 0 radical (unpaired) electrons. The van der Waals surface area contributed by atoms with Gasteiger partial charge in [0, 0.05) is 20.1 Å². The van der Waals surface area contributed by atoms with Crippen LogP contribution in [0.4, 0.5) is 0 Å². The first-order chi connectivity index (χ1) is 10.5. The van der Waals surface area contributed by atoms with Gasteiger partial charge in [-0.15, -0.1) is 0 Å². The third-order valence-electron chi connectivity index (χ3n) is 3.95. The third kappa shape index (κ3) is 3.87. The molecule has 0 spiro atoms. The van der Waals surface area contributed by atoms with Crippen LogP contribution in [-0.4, -0.2) is 48.9 Å². The molecule has 0 bridgehead atoms. The average molecular weight is 324 g/mol. The van der Waals surface area contributed by atoms with Gasteiger partial charge < -0.3 is 4.90 Å². The predicted molar refractivity (Wildman–Crippen MR) is 86.7 cm³/mol. The summed E-state index contributed by atoms with van der Waals surface area (Å²) in [7, 11) is -1.59. The van der Waals surface area contributed by atoms with Crippen molar-refractivity contribution >= 4 is 15.9 Å². The van der Waals surface area contributed by atoms with E-state index in [1.54, 1.807) is 11.9 Å². The van der Waals surface area contributed by atoms with E-state index in [9.17, 15) is 13.2 Å². The Bertz CT molecular complexity index is 601. The van der Waals surface area contributed by atoms with Crippen LogP contribution in [0.3, 0.4) is 0 Å². The molecule has 1 saturated heterocycles. The van der Waals surface area contributed by atoms with Gasteiger partial charge in [0.1, 0.15) is 6.04 Å². The molecular formula is C16H24N2O3S. The average Bonchev–Trinajstić information content (AvgIpc) is 2.97. The number of rotatable bonds is 6. The molecule has 0 unspecified atom stereocenters. The lowest BCUT2D eigenvalue weighted by atomic mass is 10.1. The first-order valence-corrected chi connectivity index (χ1v) is 9.35. The molecule has 0 N–H and O–H groups in total. The van der Waals surface area contributed by atoms with Gasteiger partial charge in [0.25, 0.3) is 0 Å². The fraction of sp³-hybridized carbons (Fsp3) is 0.562. The second-order valence-corrected chi connectivity index (χ2v) is 7.81. The normalized spacial score (nSPS) is 19.3. The fourth-order valence-electron chi connectivity index (χ4n) is 2.88. The van der Waals surface area contributed by atoms with Crippen molar-refractivity contribution in [1.82, 2.24) is 9.21 Å². The Kier molecular flexibility index (Phi) is 5.58. The van der Waals surface area contributed by atoms with E-state index in [2.05, 4.69) is 0 Å². The molecule has 0 saturated carbocycles. The Labute approximate surface area is 133 Å². The van der Waals surface area contributed by atoms with Crippen LogP contribution in [0.2, 0.25) is 0 Å². The fourth-order valence-corrected chi connectivity index (χ4v) is 4.63. The minimum atomic E-state index is -3.32. The van der Waals surface area contributed by atoms with E-state index in [4.69, 9.17) is 0 Å². The maximum Gasteiger partial charge on any atom is 0.241 e. The van der Waals surface area contributed by atoms with Crippen LogP contribution >= 0.6 is 0 Å². The number of nitrogens with zero attached hydrogens (tertiary/aromatic N) is 2. The molecule has 1 heterocycles. The van der Waals surface area contributed by atoms with Gasteiger partial charge in [-0.3, -0.25) is 4.79 Å². The zero-order valence-corrected chi connectivity index (χ0v) is 14.1. The van der Waals surface area contributed by atoms with Crippen molar-refractivity contribution in [3.05, 3.63) is 35.9 Å². The Morgan fingerprint density at radius 1 is 1.32 bits per heavy atom. The minimum Gasteiger partial charge on any atom is -0.340 e. The summed E-state index contributed by atoms with van der Waals surface area (Å²) >= 11 is 0. The van der Waals surface area contributed by atoms with Crippen molar-refractivity contribution in [2.75, 3.05) is 19.3 Å². The molecule has 6 heteroatoms. The Morgan fingerprint density at radius 2 is 2.00 bits per heavy atom. The smallest absolute Gasteiger partial charge is 0.241 e. The van der Waals surface area contributed by atoms with Crippen molar-refractivity contribution in [1.29, 1.82) is 0 Å². The van der Waals surface area contributed by atoms with Crippen LogP contribution in [0, 0.1) is 0 Å². The summed E-state index contributed by atoms with van der Waals surface area (Å²) < 4.78 is 26.0. The highest BCUT2D eigenvalue weighted by molar-refractivity contribution is 7.89. The van der Waals surface area contributed by atoms with Gasteiger partial charge in [0.2, 0.25) is 15.9 Å². The molecule has 0 aromatic heterocycles. The second-order valence-electron chi connectivity index (χ2n) is 5.76. The van der Waals surface area contributed by atoms with E-state index in [0.29, 0.717) is 25.9 Å². The van der Waals surface area contributed by atoms with Crippen molar-refractivity contribution in [2.24, 2.45) is 0 Å². The van der Waals surface area contributed by atoms with E-state index in [-0.39, 0.29) is 11.7 Å². The van der Waals surface area contributed by atoms with E-state index in [0.717, 1.165) is 12.0 Å². The molecule has 5 nitrogen and oxygen atoms in total. The Morgan fingerprint density at radius 3 is 2.64 bits per heavy atom. The lowest BCUT2D eigenvalue weighted by Crippen LogP contribution is -2.46. The quantitative estimate of drug-likeness (QED) is 0.802. The molecule has 122 valence electrons. The van der Waals surface area contributed by atoms with Crippen LogP contribution < -0.4 is 0 Å². The van der Waals surface area contributed by atoms with Crippen LogP contribution in [0.5, 0.6) is 0 Å². The number of carbonyl (C=O) groups is 1. The number of benzene rings is 1. The summed E-state index contributed by atoms with van der Waals surface area (Å²) in [4.78, 5) is 14.3. The zero-order chi connectivity index (χ0) is 16.2. The molecule has 1 atom stereocenters. The van der Waals surface area contributed by atoms with E-state index < -0.39 is 16.1 Å². The van der Waals surface area contributed by atoms with Crippen LogP contribution in [0.25, 0.3) is 0 Å². The standard InChI is InChI=1S/C16H24N2O3S/c1-3-12-22(20,21)18-11-7-10-15(18)16(19)17(2)13-14-8-5-4-6-9-14/h4-6,8-9,15H,3,7,10-13H2,1-2H3/t15-/m1/s1. The predicted octanol–water partition coefficient (Wildman–Crippen LogP) is 1.85. The maximum absolute atomic E-state index is 12.6. The summed E-state index contributed by atoms with van der Waals surface area (Å²) in [6, 6.07) is 9.18. The van der Waals surface area contributed by atoms with Crippen molar-refractivity contribution in [2.45, 2.75) is 38.8 Å². The lowest BCUT2D eigenvalue weighted by molar-refractivity contribution is -0.133. The molecule has 0 aliphatic carbocycles. The van der Waals surface area contributed by atoms with Gasteiger partial charge in [-0.1, -0.05) is 37.3 Å². The number of hydrogen-bond acceptors (Lipinski definition) is 3. The first kappa shape index (κ1) is 17.0. The SMILES string of the molecule is CCCS(=O)(=O)N1CCC[C@@H]1C(=O)N(C)Cc1ccccc1. The molecule has 1 fully saturated rings. The van der Waals surface area contributed by atoms with Crippen molar-refractivity contribution in [3.8, 4) is 0 Å². The highest BCUT2D eigenvalue weighted by Crippen LogP contribution is 2.23. The molecule has 22 heavy (non-hydrogen) atoms. The van der Waals surface area contributed by atoms with E-state index in [1.807, 2.05) is 37.3 Å². The molecular weight excluding hydrogens is 300 g/mol. The monoisotopic (exact) mass is 324 g/mol. The Hall–Kier alpha value is -1.40. The minimum absolute atomic E-state index is 0.110. The molecule has 2 rings (SSSR count). The largest absolute Gasteiger partial charge is 0.340 e. The molecule has 1 aliphatic rings. The first-order valence-electron chi connectivity index (χ1n) is 7.74. The zero-order valence-electron chi connectivity index (χ0n) is 13.2. The van der Waals surface area contributed by atoms with Gasteiger partial charge in [0.05, 0.1) is 5.75 Å². The number of hydrogen-bond donors (Lipinski definition) is 0. The lowest BCUT2D eigenvalue weighted by Gasteiger charge is -2.27. The third-order valence-corrected chi connectivity index (χ3v) is 6.02. The number of amides is 1. The van der Waals surface area contributed by atoms with E-state index >= 15 is 0 Å². The van der Waals surface area contributed by atoms with Gasteiger partial charge in [-0.2, -0.15) is 4.31 Å². The number of sulfonamides is 1. The second kappa shape index (κ2) is 7.24. The van der Waals surface area contributed by atoms with Crippen molar-refractivity contribution < 1.29 is 13.2 Å². The molecule has 1 aliphatic heterocycles. The van der Waals surface area contributed by atoms with Gasteiger partial charge in [0.15, 0.2) is 0 Å². The number of likely N-dealkylation sites (N-methyl/N-ethyl adjacent to an activating group) is 1. The summed E-state index contributed by atoms with van der Waals surface area (Å²) in [5.41, 5.74) is 1.04. The number of carbonyl (C=O) groups excluding carboxylic acids is 1.